The van der Waals surface area contributed by atoms with Gasteiger partial charge in [-0.05, 0) is 30.4 Å². The molecule has 2 heterocycles. The zero-order valence-corrected chi connectivity index (χ0v) is 12.2. The van der Waals surface area contributed by atoms with Crippen LogP contribution in [0.25, 0.3) is 11.4 Å². The van der Waals surface area contributed by atoms with Crippen LogP contribution >= 0.6 is 0 Å². The van der Waals surface area contributed by atoms with Crippen molar-refractivity contribution < 1.29 is 9.63 Å². The summed E-state index contributed by atoms with van der Waals surface area (Å²) in [5, 5.41) is 13.9. The van der Waals surface area contributed by atoms with Gasteiger partial charge in [0, 0.05) is 18.0 Å². The summed E-state index contributed by atoms with van der Waals surface area (Å²) in [7, 11) is 0. The molecule has 2 aromatic rings. The average molecular weight is 275 g/mol. The Morgan fingerprint density at radius 3 is 2.85 bits per heavy atom. The summed E-state index contributed by atoms with van der Waals surface area (Å²) in [5.41, 5.74) is 2.03. The van der Waals surface area contributed by atoms with E-state index < -0.39 is 6.10 Å². The quantitative estimate of drug-likeness (QED) is 0.877. The lowest BCUT2D eigenvalue weighted by atomic mass is 10.0. The SMILES string of the molecule is CCc1cnccc1-c1noc(CC(O)CC(C)C)n1. The van der Waals surface area contributed by atoms with Gasteiger partial charge >= 0.3 is 0 Å². The van der Waals surface area contributed by atoms with Crippen molar-refractivity contribution >= 4 is 0 Å². The standard InChI is InChI=1S/C15H21N3O2/c1-4-11-9-16-6-5-13(11)15-17-14(20-18-15)8-12(19)7-10(2)3/h5-6,9-10,12,19H,4,7-8H2,1-3H3. The Labute approximate surface area is 119 Å². The Hall–Kier alpha value is -1.75. The predicted octanol–water partition coefficient (Wildman–Crippen LogP) is 2.64. The van der Waals surface area contributed by atoms with Gasteiger partial charge < -0.3 is 9.63 Å². The van der Waals surface area contributed by atoms with Crippen molar-refractivity contribution in [3.05, 3.63) is 29.9 Å². The second kappa shape index (κ2) is 6.61. The number of aliphatic hydroxyl groups is 1. The number of pyridine rings is 1. The zero-order chi connectivity index (χ0) is 14.5. The van der Waals surface area contributed by atoms with Crippen LogP contribution in [0.15, 0.2) is 23.0 Å². The molecular formula is C15H21N3O2. The molecule has 1 N–H and O–H groups in total. The number of aryl methyl sites for hydroxylation is 1. The fourth-order valence-electron chi connectivity index (χ4n) is 2.20. The summed E-state index contributed by atoms with van der Waals surface area (Å²) in [6, 6.07) is 1.89. The summed E-state index contributed by atoms with van der Waals surface area (Å²) in [6.07, 6.45) is 5.09. The van der Waals surface area contributed by atoms with E-state index in [0.717, 1.165) is 24.0 Å². The van der Waals surface area contributed by atoms with Crippen molar-refractivity contribution in [1.29, 1.82) is 0 Å². The highest BCUT2D eigenvalue weighted by atomic mass is 16.5. The Morgan fingerprint density at radius 1 is 1.35 bits per heavy atom. The Morgan fingerprint density at radius 2 is 2.15 bits per heavy atom. The topological polar surface area (TPSA) is 72.0 Å². The molecule has 0 aromatic carbocycles. The zero-order valence-electron chi connectivity index (χ0n) is 12.2. The maximum Gasteiger partial charge on any atom is 0.229 e. The fourth-order valence-corrected chi connectivity index (χ4v) is 2.20. The Balaban J connectivity index is 2.12. The van der Waals surface area contributed by atoms with Gasteiger partial charge in [-0.3, -0.25) is 4.98 Å². The van der Waals surface area contributed by atoms with E-state index in [9.17, 15) is 5.11 Å². The van der Waals surface area contributed by atoms with E-state index in [-0.39, 0.29) is 0 Å². The van der Waals surface area contributed by atoms with Crippen molar-refractivity contribution in [2.24, 2.45) is 5.92 Å². The second-order valence-electron chi connectivity index (χ2n) is 5.39. The van der Waals surface area contributed by atoms with Gasteiger partial charge in [-0.25, -0.2) is 0 Å². The van der Waals surface area contributed by atoms with Crippen molar-refractivity contribution in [2.75, 3.05) is 0 Å². The van der Waals surface area contributed by atoms with Crippen LogP contribution in [0.2, 0.25) is 0 Å². The first kappa shape index (κ1) is 14.7. The monoisotopic (exact) mass is 275 g/mol. The van der Waals surface area contributed by atoms with Gasteiger partial charge in [0.1, 0.15) is 0 Å². The molecule has 0 saturated heterocycles. The van der Waals surface area contributed by atoms with E-state index in [4.69, 9.17) is 4.52 Å². The molecule has 0 fully saturated rings. The van der Waals surface area contributed by atoms with Gasteiger partial charge in [0.25, 0.3) is 0 Å². The third-order valence-electron chi connectivity index (χ3n) is 3.15. The molecule has 0 aliphatic heterocycles. The molecule has 0 spiro atoms. The number of hydrogen-bond donors (Lipinski definition) is 1. The number of aliphatic hydroxyl groups excluding tert-OH is 1. The van der Waals surface area contributed by atoms with Crippen LogP contribution in [0.3, 0.4) is 0 Å². The summed E-state index contributed by atoms with van der Waals surface area (Å²) >= 11 is 0. The summed E-state index contributed by atoms with van der Waals surface area (Å²) in [4.78, 5) is 8.47. The highest BCUT2D eigenvalue weighted by Crippen LogP contribution is 2.21. The number of rotatable bonds is 6. The van der Waals surface area contributed by atoms with E-state index in [0.29, 0.717) is 24.1 Å². The molecule has 5 heteroatoms. The molecule has 108 valence electrons. The molecule has 2 rings (SSSR count). The minimum atomic E-state index is -0.439. The van der Waals surface area contributed by atoms with Gasteiger partial charge in [0.05, 0.1) is 12.5 Å². The minimum Gasteiger partial charge on any atom is -0.393 e. The molecular weight excluding hydrogens is 254 g/mol. The molecule has 5 nitrogen and oxygen atoms in total. The van der Waals surface area contributed by atoms with Crippen molar-refractivity contribution in [3.8, 4) is 11.4 Å². The van der Waals surface area contributed by atoms with Crippen LogP contribution in [0.1, 0.15) is 38.6 Å². The molecule has 0 aliphatic carbocycles. The Kier molecular flexibility index (Phi) is 4.84. The molecule has 1 atom stereocenters. The van der Waals surface area contributed by atoms with Gasteiger partial charge in [0.2, 0.25) is 11.7 Å². The molecule has 0 radical (unpaired) electrons. The van der Waals surface area contributed by atoms with Crippen LogP contribution in [0.4, 0.5) is 0 Å². The Bertz CT molecular complexity index is 552. The lowest BCUT2D eigenvalue weighted by Crippen LogP contribution is -2.13. The van der Waals surface area contributed by atoms with Crippen LogP contribution in [-0.2, 0) is 12.8 Å². The number of hydrogen-bond acceptors (Lipinski definition) is 5. The third kappa shape index (κ3) is 3.63. The molecule has 0 aliphatic rings. The normalized spacial score (nSPS) is 12.8. The van der Waals surface area contributed by atoms with Gasteiger partial charge in [0.15, 0.2) is 0 Å². The second-order valence-corrected chi connectivity index (χ2v) is 5.39. The molecule has 0 saturated carbocycles. The molecule has 20 heavy (non-hydrogen) atoms. The van der Waals surface area contributed by atoms with Crippen molar-refractivity contribution in [2.45, 2.75) is 46.1 Å². The van der Waals surface area contributed by atoms with E-state index in [2.05, 4.69) is 35.9 Å². The molecule has 0 amide bonds. The lowest BCUT2D eigenvalue weighted by Gasteiger charge is -2.09. The van der Waals surface area contributed by atoms with Crippen LogP contribution in [0, 0.1) is 5.92 Å². The molecule has 0 bridgehead atoms. The van der Waals surface area contributed by atoms with Crippen molar-refractivity contribution in [3.63, 3.8) is 0 Å². The highest BCUT2D eigenvalue weighted by Gasteiger charge is 2.15. The van der Waals surface area contributed by atoms with E-state index in [1.54, 1.807) is 6.20 Å². The van der Waals surface area contributed by atoms with E-state index in [1.165, 1.54) is 0 Å². The predicted molar refractivity (Wildman–Crippen MR) is 76.1 cm³/mol. The number of aromatic nitrogens is 3. The van der Waals surface area contributed by atoms with E-state index >= 15 is 0 Å². The van der Waals surface area contributed by atoms with Crippen LogP contribution < -0.4 is 0 Å². The molecule has 1 unspecified atom stereocenters. The number of nitrogens with zero attached hydrogens (tertiary/aromatic N) is 3. The maximum absolute atomic E-state index is 9.92. The minimum absolute atomic E-state index is 0.401. The smallest absolute Gasteiger partial charge is 0.229 e. The van der Waals surface area contributed by atoms with Gasteiger partial charge in [-0.15, -0.1) is 0 Å². The average Bonchev–Trinajstić information content (AvgIpc) is 2.85. The first-order valence-electron chi connectivity index (χ1n) is 7.04. The summed E-state index contributed by atoms with van der Waals surface area (Å²) < 4.78 is 5.23. The fraction of sp³-hybridized carbons (Fsp3) is 0.533. The highest BCUT2D eigenvalue weighted by molar-refractivity contribution is 5.58. The maximum atomic E-state index is 9.92. The van der Waals surface area contributed by atoms with Crippen molar-refractivity contribution in [1.82, 2.24) is 15.1 Å². The largest absolute Gasteiger partial charge is 0.393 e. The first-order valence-corrected chi connectivity index (χ1v) is 7.04. The summed E-state index contributed by atoms with van der Waals surface area (Å²) in [5.74, 6) is 1.49. The van der Waals surface area contributed by atoms with Crippen LogP contribution in [-0.4, -0.2) is 26.3 Å². The molecule has 2 aromatic heterocycles. The summed E-state index contributed by atoms with van der Waals surface area (Å²) in [6.45, 7) is 6.22. The third-order valence-corrected chi connectivity index (χ3v) is 3.15. The van der Waals surface area contributed by atoms with E-state index in [1.807, 2.05) is 12.3 Å². The lowest BCUT2D eigenvalue weighted by molar-refractivity contribution is 0.138. The van der Waals surface area contributed by atoms with Crippen LogP contribution in [0.5, 0.6) is 0 Å². The van der Waals surface area contributed by atoms with Gasteiger partial charge in [-0.2, -0.15) is 4.98 Å². The first-order chi connectivity index (χ1) is 9.60. The van der Waals surface area contributed by atoms with Gasteiger partial charge in [-0.1, -0.05) is 25.9 Å².